The van der Waals surface area contributed by atoms with Crippen molar-refractivity contribution in [1.82, 2.24) is 24.4 Å². The molecular formula is C32H32N8O2. The first-order valence-corrected chi connectivity index (χ1v) is 14.2. The molecule has 1 saturated heterocycles. The van der Waals surface area contributed by atoms with E-state index in [1.54, 1.807) is 10.6 Å². The number of nitrogen functional groups attached to an aromatic ring is 1. The third-order valence-electron chi connectivity index (χ3n) is 7.33. The Hall–Kier alpha value is -5.22. The van der Waals surface area contributed by atoms with Gasteiger partial charge in [0.15, 0.2) is 0 Å². The lowest BCUT2D eigenvalue weighted by Crippen LogP contribution is -2.29. The highest BCUT2D eigenvalue weighted by atomic mass is 16.2. The quantitative estimate of drug-likeness (QED) is 0.239. The van der Waals surface area contributed by atoms with Gasteiger partial charge in [-0.05, 0) is 49.9 Å². The van der Waals surface area contributed by atoms with E-state index in [2.05, 4.69) is 33.2 Å². The Labute approximate surface area is 244 Å². The molecule has 0 aliphatic carbocycles. The van der Waals surface area contributed by atoms with Crippen LogP contribution in [-0.2, 0) is 4.79 Å². The molecule has 1 aliphatic rings. The maximum absolute atomic E-state index is 14.2. The van der Waals surface area contributed by atoms with E-state index in [0.717, 1.165) is 25.9 Å². The molecule has 1 fully saturated rings. The van der Waals surface area contributed by atoms with E-state index in [0.29, 0.717) is 53.7 Å². The highest BCUT2D eigenvalue weighted by Crippen LogP contribution is 2.27. The highest BCUT2D eigenvalue weighted by molar-refractivity contribution is 5.85. The van der Waals surface area contributed by atoms with Crippen LogP contribution in [0.4, 0.5) is 11.6 Å². The minimum Gasteiger partial charge on any atom is -0.382 e. The van der Waals surface area contributed by atoms with Crippen molar-refractivity contribution in [2.45, 2.75) is 51.5 Å². The minimum absolute atomic E-state index is 0.0698. The lowest BCUT2D eigenvalue weighted by molar-refractivity contribution is -0.130. The van der Waals surface area contributed by atoms with E-state index in [9.17, 15) is 14.9 Å². The van der Waals surface area contributed by atoms with Crippen LogP contribution in [-0.4, -0.2) is 43.4 Å². The van der Waals surface area contributed by atoms with Crippen LogP contribution in [0.2, 0.25) is 0 Å². The van der Waals surface area contributed by atoms with E-state index in [4.69, 9.17) is 10.7 Å². The number of carbonyl (C=O) groups is 1. The number of unbranched alkanes of at least 4 members (excludes halogenated alkanes) is 1. The number of rotatable bonds is 8. The second-order valence-corrected chi connectivity index (χ2v) is 10.1. The average molecular weight is 561 g/mol. The second kappa shape index (κ2) is 13.0. The number of likely N-dealkylation sites (tertiary alicyclic amines) is 1. The number of hydrogen-bond acceptors (Lipinski definition) is 8. The van der Waals surface area contributed by atoms with Gasteiger partial charge < -0.3 is 16.0 Å². The summed E-state index contributed by atoms with van der Waals surface area (Å²) in [7, 11) is 0. The number of aromatic nitrogens is 4. The Morgan fingerprint density at radius 2 is 1.90 bits per heavy atom. The van der Waals surface area contributed by atoms with Crippen molar-refractivity contribution in [2.75, 3.05) is 24.1 Å². The second-order valence-electron chi connectivity index (χ2n) is 10.1. The third-order valence-corrected chi connectivity index (χ3v) is 7.33. The Bertz CT molecular complexity index is 1760. The van der Waals surface area contributed by atoms with Crippen LogP contribution in [0.3, 0.4) is 0 Å². The van der Waals surface area contributed by atoms with Gasteiger partial charge in [-0.3, -0.25) is 14.2 Å². The lowest BCUT2D eigenvalue weighted by atomic mass is 10.1. The molecule has 1 amide bonds. The summed E-state index contributed by atoms with van der Waals surface area (Å²) in [6, 6.07) is 16.3. The smallest absolute Gasteiger partial charge is 0.267 e. The summed E-state index contributed by atoms with van der Waals surface area (Å²) in [6.07, 6.45) is 5.69. The number of nitrogens with two attached hydrogens (primary N) is 1. The van der Waals surface area contributed by atoms with E-state index in [-0.39, 0.29) is 28.7 Å². The molecule has 0 spiro atoms. The van der Waals surface area contributed by atoms with Gasteiger partial charge >= 0.3 is 0 Å². The molecule has 1 aliphatic heterocycles. The lowest BCUT2D eigenvalue weighted by Gasteiger charge is -2.22. The zero-order valence-corrected chi connectivity index (χ0v) is 23.5. The topological polar surface area (TPSA) is 143 Å². The third kappa shape index (κ3) is 5.93. The molecular weight excluding hydrogens is 528 g/mol. The molecule has 212 valence electrons. The van der Waals surface area contributed by atoms with Crippen LogP contribution in [0, 0.1) is 23.2 Å². The summed E-state index contributed by atoms with van der Waals surface area (Å²) in [5.74, 6) is 7.32. The number of anilines is 2. The summed E-state index contributed by atoms with van der Waals surface area (Å²) in [5.41, 5.74) is 7.54. The van der Waals surface area contributed by atoms with Gasteiger partial charge in [0, 0.05) is 31.5 Å². The average Bonchev–Trinajstić information content (AvgIpc) is 3.55. The first kappa shape index (κ1) is 28.3. The molecule has 3 heterocycles. The van der Waals surface area contributed by atoms with Gasteiger partial charge in [0.25, 0.3) is 5.56 Å². The van der Waals surface area contributed by atoms with Crippen molar-refractivity contribution >= 4 is 28.4 Å². The molecule has 2 aromatic heterocycles. The molecule has 42 heavy (non-hydrogen) atoms. The van der Waals surface area contributed by atoms with E-state index in [1.807, 2.05) is 54.3 Å². The number of para-hydroxylation sites is 1. The maximum atomic E-state index is 14.2. The monoisotopic (exact) mass is 560 g/mol. The summed E-state index contributed by atoms with van der Waals surface area (Å²) in [6.45, 7) is 3.66. The van der Waals surface area contributed by atoms with Gasteiger partial charge in [-0.25, -0.2) is 15.0 Å². The van der Waals surface area contributed by atoms with Crippen molar-refractivity contribution in [2.24, 2.45) is 0 Å². The van der Waals surface area contributed by atoms with Crippen LogP contribution < -0.4 is 16.6 Å². The fraction of sp³-hybridized carbons (Fsp3) is 0.312. The summed E-state index contributed by atoms with van der Waals surface area (Å²) >= 11 is 0. The summed E-state index contributed by atoms with van der Waals surface area (Å²) < 4.78 is 1.58. The maximum Gasteiger partial charge on any atom is 0.267 e. The predicted octanol–water partition coefficient (Wildman–Crippen LogP) is 4.34. The Kier molecular flexibility index (Phi) is 8.74. The van der Waals surface area contributed by atoms with Crippen LogP contribution in [0.25, 0.3) is 16.6 Å². The number of hydrogen-bond donors (Lipinski definition) is 2. The van der Waals surface area contributed by atoms with Crippen molar-refractivity contribution in [3.05, 3.63) is 82.2 Å². The van der Waals surface area contributed by atoms with Crippen LogP contribution in [0.1, 0.15) is 68.4 Å². The fourth-order valence-electron chi connectivity index (χ4n) is 5.16. The molecule has 5 rings (SSSR count). The summed E-state index contributed by atoms with van der Waals surface area (Å²) in [4.78, 5) is 41.6. The van der Waals surface area contributed by atoms with Crippen LogP contribution >= 0.6 is 0 Å². The number of nitrogens with one attached hydrogen (secondary N) is 1. The van der Waals surface area contributed by atoms with E-state index >= 15 is 0 Å². The van der Waals surface area contributed by atoms with Gasteiger partial charge in [-0.1, -0.05) is 43.0 Å². The number of nitriles is 1. The number of benzene rings is 2. The molecule has 4 aromatic rings. The Balaban J connectivity index is 1.52. The molecule has 0 radical (unpaired) electrons. The molecule has 0 unspecified atom stereocenters. The number of carbonyl (C=O) groups excluding carboxylic acids is 1. The van der Waals surface area contributed by atoms with Crippen LogP contribution in [0.15, 0.2) is 59.7 Å². The van der Waals surface area contributed by atoms with E-state index in [1.165, 1.54) is 6.33 Å². The van der Waals surface area contributed by atoms with Gasteiger partial charge in [0.1, 0.15) is 35.4 Å². The number of amides is 1. The van der Waals surface area contributed by atoms with Gasteiger partial charge in [0.2, 0.25) is 5.91 Å². The first-order chi connectivity index (χ1) is 20.5. The Morgan fingerprint density at radius 3 is 2.64 bits per heavy atom. The Morgan fingerprint density at radius 1 is 1.12 bits per heavy atom. The molecule has 1 atom stereocenters. The zero-order valence-electron chi connectivity index (χ0n) is 23.5. The molecule has 10 heteroatoms. The van der Waals surface area contributed by atoms with Crippen molar-refractivity contribution in [3.63, 3.8) is 0 Å². The first-order valence-electron chi connectivity index (χ1n) is 14.2. The molecule has 10 nitrogen and oxygen atoms in total. The molecule has 0 saturated carbocycles. The van der Waals surface area contributed by atoms with Crippen molar-refractivity contribution in [3.8, 4) is 23.6 Å². The van der Waals surface area contributed by atoms with Crippen molar-refractivity contribution in [1.29, 1.82) is 5.26 Å². The fourth-order valence-corrected chi connectivity index (χ4v) is 5.16. The molecule has 2 aromatic carbocycles. The molecule has 3 N–H and O–H groups in total. The minimum atomic E-state index is -0.480. The van der Waals surface area contributed by atoms with Crippen LogP contribution in [0.5, 0.6) is 0 Å². The van der Waals surface area contributed by atoms with Gasteiger partial charge in [0.05, 0.1) is 22.6 Å². The standard InChI is InChI=1S/C32H32N8O2/c1-2-25(37-30-24(20-33)29(34)35-21-36-30)31-38-26-16-11-13-22(12-5-3-8-17-27(41)39-18-9-10-19-39)28(26)32(42)40(31)23-14-6-4-7-15-23/h4,6-7,11,13-16,21,25H,2-3,8-10,17-19H2,1H3,(H3,34,35,36,37)/t25-/m0/s1. The predicted molar refractivity (Wildman–Crippen MR) is 162 cm³/mol. The van der Waals surface area contributed by atoms with Gasteiger partial charge in [-0.15, -0.1) is 0 Å². The SMILES string of the molecule is CC[C@H](Nc1ncnc(N)c1C#N)c1nc2cccc(C#CCCCC(=O)N3CCCC3)c2c(=O)n1-c1ccccc1. The summed E-state index contributed by atoms with van der Waals surface area (Å²) in [5, 5.41) is 13.3. The highest BCUT2D eigenvalue weighted by Gasteiger charge is 2.23. The van der Waals surface area contributed by atoms with Gasteiger partial charge in [-0.2, -0.15) is 5.26 Å². The molecule has 0 bridgehead atoms. The zero-order chi connectivity index (χ0) is 29.5. The number of fused-ring (bicyclic) bond motifs is 1. The normalized spacial score (nSPS) is 13.3. The largest absolute Gasteiger partial charge is 0.382 e. The van der Waals surface area contributed by atoms with Crippen molar-refractivity contribution < 1.29 is 4.79 Å². The van der Waals surface area contributed by atoms with E-state index < -0.39 is 6.04 Å². The number of nitrogens with zero attached hydrogens (tertiary/aromatic N) is 6.